The van der Waals surface area contributed by atoms with Crippen molar-refractivity contribution in [2.24, 2.45) is 0 Å². The lowest BCUT2D eigenvalue weighted by Crippen LogP contribution is -2.04. The van der Waals surface area contributed by atoms with Crippen LogP contribution in [0.2, 0.25) is 0 Å². The van der Waals surface area contributed by atoms with Crippen LogP contribution in [-0.2, 0) is 6.54 Å². The molecule has 0 fully saturated rings. The predicted molar refractivity (Wildman–Crippen MR) is 53.9 cm³/mol. The molecule has 1 rings (SSSR count). The highest BCUT2D eigenvalue weighted by molar-refractivity contribution is 5.81. The first kappa shape index (κ1) is 9.77. The maximum atomic E-state index is 7.57. The number of aryl methyl sites for hydroxylation is 1. The number of aromatic nitrogens is 2. The van der Waals surface area contributed by atoms with Crippen molar-refractivity contribution in [3.05, 3.63) is 12.4 Å². The van der Waals surface area contributed by atoms with Crippen LogP contribution in [0, 0.1) is 5.41 Å². The Hall–Kier alpha value is -1.32. The normalized spacial score (nSPS) is 10.2. The van der Waals surface area contributed by atoms with Gasteiger partial charge in [-0.2, -0.15) is 5.10 Å². The maximum Gasteiger partial charge on any atom is 0.0719 e. The molecule has 0 aromatic carbocycles. The first-order valence-corrected chi connectivity index (χ1v) is 4.56. The van der Waals surface area contributed by atoms with Crippen LogP contribution in [0.25, 0.3) is 0 Å². The average molecular weight is 180 g/mol. The minimum Gasteiger partial charge on any atom is -0.396 e. The SMILES string of the molecule is CCCC(=N)CCn1cc(N)cn1. The Morgan fingerprint density at radius 3 is 2.92 bits per heavy atom. The number of hydrogen-bond acceptors (Lipinski definition) is 3. The number of nitrogen functional groups attached to an aromatic ring is 1. The molecular formula is C9H16N4. The van der Waals surface area contributed by atoms with Crippen LogP contribution >= 0.6 is 0 Å². The molecular weight excluding hydrogens is 164 g/mol. The van der Waals surface area contributed by atoms with Crippen LogP contribution in [0.5, 0.6) is 0 Å². The van der Waals surface area contributed by atoms with Gasteiger partial charge in [0.15, 0.2) is 0 Å². The van der Waals surface area contributed by atoms with Gasteiger partial charge in [-0.3, -0.25) is 4.68 Å². The molecule has 3 N–H and O–H groups in total. The van der Waals surface area contributed by atoms with Crippen LogP contribution in [0.4, 0.5) is 5.69 Å². The van der Waals surface area contributed by atoms with E-state index in [9.17, 15) is 0 Å². The predicted octanol–water partition coefficient (Wildman–Crippen LogP) is 1.68. The van der Waals surface area contributed by atoms with Crippen molar-refractivity contribution in [1.29, 1.82) is 5.41 Å². The van der Waals surface area contributed by atoms with E-state index in [4.69, 9.17) is 11.1 Å². The molecule has 0 aliphatic heterocycles. The summed E-state index contributed by atoms with van der Waals surface area (Å²) in [6, 6.07) is 0. The topological polar surface area (TPSA) is 67.7 Å². The van der Waals surface area contributed by atoms with Gasteiger partial charge in [-0.1, -0.05) is 13.3 Å². The maximum absolute atomic E-state index is 7.57. The van der Waals surface area contributed by atoms with E-state index in [-0.39, 0.29) is 0 Å². The molecule has 0 atom stereocenters. The lowest BCUT2D eigenvalue weighted by atomic mass is 10.2. The molecule has 1 aromatic rings. The summed E-state index contributed by atoms with van der Waals surface area (Å²) in [5.74, 6) is 0. The van der Waals surface area contributed by atoms with Crippen LogP contribution in [0.15, 0.2) is 12.4 Å². The fourth-order valence-electron chi connectivity index (χ4n) is 1.18. The summed E-state index contributed by atoms with van der Waals surface area (Å²) in [5, 5.41) is 11.6. The number of anilines is 1. The van der Waals surface area contributed by atoms with Gasteiger partial charge in [-0.15, -0.1) is 0 Å². The van der Waals surface area contributed by atoms with Gasteiger partial charge in [-0.25, -0.2) is 0 Å². The Bertz CT molecular complexity index is 277. The Morgan fingerprint density at radius 2 is 2.38 bits per heavy atom. The molecule has 1 heterocycles. The first-order chi connectivity index (χ1) is 6.22. The number of rotatable bonds is 5. The Morgan fingerprint density at radius 1 is 1.62 bits per heavy atom. The van der Waals surface area contributed by atoms with Crippen molar-refractivity contribution < 1.29 is 0 Å². The van der Waals surface area contributed by atoms with Gasteiger partial charge < -0.3 is 11.1 Å². The van der Waals surface area contributed by atoms with Gasteiger partial charge in [-0.05, 0) is 6.42 Å². The molecule has 0 aliphatic carbocycles. The van der Waals surface area contributed by atoms with Crippen molar-refractivity contribution in [2.75, 3.05) is 5.73 Å². The Labute approximate surface area is 78.3 Å². The smallest absolute Gasteiger partial charge is 0.0719 e. The summed E-state index contributed by atoms with van der Waals surface area (Å²) in [6.07, 6.45) is 6.12. The van der Waals surface area contributed by atoms with E-state index in [1.165, 1.54) is 0 Å². The third-order valence-electron chi connectivity index (χ3n) is 1.85. The van der Waals surface area contributed by atoms with E-state index < -0.39 is 0 Å². The van der Waals surface area contributed by atoms with Crippen LogP contribution in [-0.4, -0.2) is 15.5 Å². The lowest BCUT2D eigenvalue weighted by molar-refractivity contribution is 0.629. The zero-order chi connectivity index (χ0) is 9.68. The van der Waals surface area contributed by atoms with Crippen molar-refractivity contribution in [3.8, 4) is 0 Å². The highest BCUT2D eigenvalue weighted by Gasteiger charge is 1.98. The molecule has 0 unspecified atom stereocenters. The molecule has 0 bridgehead atoms. The van der Waals surface area contributed by atoms with E-state index in [0.717, 1.165) is 31.5 Å². The minimum absolute atomic E-state index is 0.682. The van der Waals surface area contributed by atoms with Crippen LogP contribution < -0.4 is 5.73 Å². The van der Waals surface area contributed by atoms with Gasteiger partial charge in [0.25, 0.3) is 0 Å². The molecule has 4 nitrogen and oxygen atoms in total. The molecule has 0 saturated carbocycles. The van der Waals surface area contributed by atoms with Gasteiger partial charge >= 0.3 is 0 Å². The van der Waals surface area contributed by atoms with E-state index in [1.807, 2.05) is 0 Å². The van der Waals surface area contributed by atoms with E-state index in [1.54, 1.807) is 17.1 Å². The van der Waals surface area contributed by atoms with Crippen molar-refractivity contribution in [2.45, 2.75) is 32.7 Å². The number of nitrogens with zero attached hydrogens (tertiary/aromatic N) is 2. The summed E-state index contributed by atoms with van der Waals surface area (Å²) < 4.78 is 1.78. The molecule has 0 saturated heterocycles. The Balaban J connectivity index is 2.30. The lowest BCUT2D eigenvalue weighted by Gasteiger charge is -2.01. The average Bonchev–Trinajstić information content (AvgIpc) is 2.49. The second kappa shape index (κ2) is 4.64. The van der Waals surface area contributed by atoms with Gasteiger partial charge in [0.1, 0.15) is 0 Å². The van der Waals surface area contributed by atoms with Crippen molar-refractivity contribution in [3.63, 3.8) is 0 Å². The minimum atomic E-state index is 0.682. The number of nitrogens with two attached hydrogens (primary N) is 1. The second-order valence-corrected chi connectivity index (χ2v) is 3.14. The van der Waals surface area contributed by atoms with Gasteiger partial charge in [0.2, 0.25) is 0 Å². The second-order valence-electron chi connectivity index (χ2n) is 3.14. The summed E-state index contributed by atoms with van der Waals surface area (Å²) in [4.78, 5) is 0. The third kappa shape index (κ3) is 3.27. The quantitative estimate of drug-likeness (QED) is 0.677. The van der Waals surface area contributed by atoms with Crippen LogP contribution in [0.1, 0.15) is 26.2 Å². The molecule has 0 amide bonds. The van der Waals surface area contributed by atoms with Gasteiger partial charge in [0, 0.05) is 24.9 Å². The first-order valence-electron chi connectivity index (χ1n) is 4.56. The van der Waals surface area contributed by atoms with E-state index >= 15 is 0 Å². The fraction of sp³-hybridized carbons (Fsp3) is 0.556. The molecule has 13 heavy (non-hydrogen) atoms. The fourth-order valence-corrected chi connectivity index (χ4v) is 1.18. The zero-order valence-corrected chi connectivity index (χ0v) is 7.95. The summed E-state index contributed by atoms with van der Waals surface area (Å²) in [7, 11) is 0. The highest BCUT2D eigenvalue weighted by Crippen LogP contribution is 2.01. The largest absolute Gasteiger partial charge is 0.396 e. The molecule has 72 valence electrons. The summed E-state index contributed by atoms with van der Waals surface area (Å²) in [5.41, 5.74) is 6.98. The summed E-state index contributed by atoms with van der Waals surface area (Å²) >= 11 is 0. The molecule has 0 radical (unpaired) electrons. The molecule has 0 spiro atoms. The molecule has 4 heteroatoms. The number of nitrogens with one attached hydrogen (secondary N) is 1. The highest BCUT2D eigenvalue weighted by atomic mass is 15.3. The Kier molecular flexibility index (Phi) is 3.49. The monoisotopic (exact) mass is 180 g/mol. The third-order valence-corrected chi connectivity index (χ3v) is 1.85. The van der Waals surface area contributed by atoms with Crippen LogP contribution in [0.3, 0.4) is 0 Å². The standard InChI is InChI=1S/C9H16N4/c1-2-3-8(10)4-5-13-7-9(11)6-12-13/h6-7,10H,2-5,11H2,1H3. The molecule has 0 aliphatic rings. The van der Waals surface area contributed by atoms with E-state index in [2.05, 4.69) is 12.0 Å². The molecule has 1 aromatic heterocycles. The van der Waals surface area contributed by atoms with Gasteiger partial charge in [0.05, 0.1) is 11.9 Å². The van der Waals surface area contributed by atoms with Crippen molar-refractivity contribution in [1.82, 2.24) is 9.78 Å². The summed E-state index contributed by atoms with van der Waals surface area (Å²) in [6.45, 7) is 2.84. The van der Waals surface area contributed by atoms with Crippen molar-refractivity contribution >= 4 is 11.4 Å². The zero-order valence-electron chi connectivity index (χ0n) is 7.95. The van der Waals surface area contributed by atoms with E-state index in [0.29, 0.717) is 5.69 Å². The number of hydrogen-bond donors (Lipinski definition) is 2.